The SMILES string of the molecule is Cc1nccn1-c1ccc(NC(=O)C[C@@H]2C=CCC2)cn1. The third-order valence-electron chi connectivity index (χ3n) is 3.66. The van der Waals surface area contributed by atoms with Crippen LogP contribution in [-0.4, -0.2) is 20.4 Å². The largest absolute Gasteiger partial charge is 0.325 e. The summed E-state index contributed by atoms with van der Waals surface area (Å²) in [4.78, 5) is 20.5. The molecule has 0 spiro atoms. The molecule has 0 radical (unpaired) electrons. The van der Waals surface area contributed by atoms with Gasteiger partial charge in [0, 0.05) is 18.8 Å². The molecule has 2 heterocycles. The molecule has 5 heteroatoms. The molecule has 0 aliphatic heterocycles. The molecule has 1 atom stereocenters. The van der Waals surface area contributed by atoms with E-state index in [9.17, 15) is 4.79 Å². The average Bonchev–Trinajstić information content (AvgIpc) is 3.11. The molecule has 2 aromatic heterocycles. The molecule has 3 rings (SSSR count). The molecule has 0 bridgehead atoms. The summed E-state index contributed by atoms with van der Waals surface area (Å²) in [6.45, 7) is 1.92. The van der Waals surface area contributed by atoms with Crippen LogP contribution in [0.25, 0.3) is 5.82 Å². The van der Waals surface area contributed by atoms with Crippen LogP contribution in [0.2, 0.25) is 0 Å². The van der Waals surface area contributed by atoms with Gasteiger partial charge in [-0.05, 0) is 37.8 Å². The molecule has 2 aromatic rings. The second-order valence-corrected chi connectivity index (χ2v) is 5.27. The van der Waals surface area contributed by atoms with Crippen molar-refractivity contribution in [3.63, 3.8) is 0 Å². The minimum atomic E-state index is 0.0416. The zero-order chi connectivity index (χ0) is 14.7. The highest BCUT2D eigenvalue weighted by Gasteiger charge is 2.14. The van der Waals surface area contributed by atoms with E-state index in [0.717, 1.165) is 30.2 Å². The molecule has 108 valence electrons. The number of imidazole rings is 1. The molecule has 0 fully saturated rings. The van der Waals surface area contributed by atoms with Crippen LogP contribution >= 0.6 is 0 Å². The summed E-state index contributed by atoms with van der Waals surface area (Å²) in [5.74, 6) is 2.10. The van der Waals surface area contributed by atoms with Crippen LogP contribution < -0.4 is 5.32 Å². The highest BCUT2D eigenvalue weighted by molar-refractivity contribution is 5.90. The van der Waals surface area contributed by atoms with Gasteiger partial charge in [0.05, 0.1) is 11.9 Å². The fourth-order valence-electron chi connectivity index (χ4n) is 2.54. The van der Waals surface area contributed by atoms with Crippen molar-refractivity contribution in [1.29, 1.82) is 0 Å². The second-order valence-electron chi connectivity index (χ2n) is 5.27. The van der Waals surface area contributed by atoms with Gasteiger partial charge in [0.2, 0.25) is 5.91 Å². The van der Waals surface area contributed by atoms with E-state index < -0.39 is 0 Å². The predicted octanol–water partition coefficient (Wildman–Crippen LogP) is 2.87. The van der Waals surface area contributed by atoms with Crippen LogP contribution in [0.1, 0.15) is 25.1 Å². The number of aryl methyl sites for hydroxylation is 1. The first-order valence-corrected chi connectivity index (χ1v) is 7.15. The molecule has 0 saturated heterocycles. The number of hydrogen-bond acceptors (Lipinski definition) is 3. The third-order valence-corrected chi connectivity index (χ3v) is 3.66. The molecule has 1 aliphatic carbocycles. The van der Waals surface area contributed by atoms with E-state index in [0.29, 0.717) is 12.3 Å². The van der Waals surface area contributed by atoms with Crippen LogP contribution in [0.4, 0.5) is 5.69 Å². The molecule has 0 saturated carbocycles. The van der Waals surface area contributed by atoms with Crippen molar-refractivity contribution >= 4 is 11.6 Å². The molecule has 1 aliphatic rings. The third kappa shape index (κ3) is 3.18. The summed E-state index contributed by atoms with van der Waals surface area (Å²) < 4.78 is 1.90. The van der Waals surface area contributed by atoms with E-state index in [1.807, 2.05) is 29.8 Å². The lowest BCUT2D eigenvalue weighted by molar-refractivity contribution is -0.116. The highest BCUT2D eigenvalue weighted by Crippen LogP contribution is 2.21. The number of nitrogens with zero attached hydrogens (tertiary/aromatic N) is 3. The minimum Gasteiger partial charge on any atom is -0.325 e. The van der Waals surface area contributed by atoms with Crippen molar-refractivity contribution in [2.45, 2.75) is 26.2 Å². The van der Waals surface area contributed by atoms with E-state index in [2.05, 4.69) is 27.4 Å². The highest BCUT2D eigenvalue weighted by atomic mass is 16.1. The molecule has 1 amide bonds. The van der Waals surface area contributed by atoms with E-state index in [1.54, 1.807) is 12.4 Å². The Bertz CT molecular complexity index is 657. The van der Waals surface area contributed by atoms with Crippen molar-refractivity contribution in [3.05, 3.63) is 48.7 Å². The first kappa shape index (κ1) is 13.5. The van der Waals surface area contributed by atoms with E-state index in [4.69, 9.17) is 0 Å². The van der Waals surface area contributed by atoms with Gasteiger partial charge in [0.25, 0.3) is 0 Å². The zero-order valence-electron chi connectivity index (χ0n) is 12.0. The molecule has 1 N–H and O–H groups in total. The quantitative estimate of drug-likeness (QED) is 0.877. The first-order valence-electron chi connectivity index (χ1n) is 7.15. The Balaban J connectivity index is 1.63. The standard InChI is InChI=1S/C16H18N4O/c1-12-17-8-9-20(12)15-7-6-14(11-18-15)19-16(21)10-13-4-2-3-5-13/h2,4,6-9,11,13H,3,5,10H2,1H3,(H,19,21)/t13-/m1/s1. The fraction of sp³-hybridized carbons (Fsp3) is 0.312. The van der Waals surface area contributed by atoms with E-state index >= 15 is 0 Å². The normalized spacial score (nSPS) is 17.1. The number of carbonyl (C=O) groups is 1. The van der Waals surface area contributed by atoms with Crippen molar-refractivity contribution in [2.75, 3.05) is 5.32 Å². The molecule has 0 aromatic carbocycles. The topological polar surface area (TPSA) is 59.8 Å². The maximum atomic E-state index is 11.9. The van der Waals surface area contributed by atoms with Crippen molar-refractivity contribution in [3.8, 4) is 5.82 Å². The molecular weight excluding hydrogens is 264 g/mol. The number of allylic oxidation sites excluding steroid dienone is 2. The smallest absolute Gasteiger partial charge is 0.225 e. The monoisotopic (exact) mass is 282 g/mol. The number of hydrogen-bond donors (Lipinski definition) is 1. The lowest BCUT2D eigenvalue weighted by Gasteiger charge is -2.09. The predicted molar refractivity (Wildman–Crippen MR) is 81.2 cm³/mol. The van der Waals surface area contributed by atoms with Gasteiger partial charge in [-0.2, -0.15) is 0 Å². The Hall–Kier alpha value is -2.43. The maximum Gasteiger partial charge on any atom is 0.225 e. The number of carbonyl (C=O) groups excluding carboxylic acids is 1. The fourth-order valence-corrected chi connectivity index (χ4v) is 2.54. The van der Waals surface area contributed by atoms with Crippen LogP contribution in [0.5, 0.6) is 0 Å². The summed E-state index contributed by atoms with van der Waals surface area (Å²) in [6, 6.07) is 3.74. The Labute approximate surface area is 123 Å². The Morgan fingerprint density at radius 1 is 1.43 bits per heavy atom. The number of amides is 1. The number of anilines is 1. The van der Waals surface area contributed by atoms with Gasteiger partial charge in [-0.1, -0.05) is 12.2 Å². The van der Waals surface area contributed by atoms with E-state index in [-0.39, 0.29) is 5.91 Å². The molecule has 21 heavy (non-hydrogen) atoms. The number of aromatic nitrogens is 3. The summed E-state index contributed by atoms with van der Waals surface area (Å²) >= 11 is 0. The van der Waals surface area contributed by atoms with Crippen molar-refractivity contribution < 1.29 is 4.79 Å². The second kappa shape index (κ2) is 5.91. The maximum absolute atomic E-state index is 11.9. The van der Waals surface area contributed by atoms with Gasteiger partial charge in [0.1, 0.15) is 11.6 Å². The van der Waals surface area contributed by atoms with Crippen LogP contribution in [-0.2, 0) is 4.79 Å². The minimum absolute atomic E-state index is 0.0416. The number of rotatable bonds is 4. The number of pyridine rings is 1. The average molecular weight is 282 g/mol. The van der Waals surface area contributed by atoms with Crippen LogP contribution in [0.15, 0.2) is 42.9 Å². The zero-order valence-corrected chi connectivity index (χ0v) is 12.0. The van der Waals surface area contributed by atoms with E-state index in [1.165, 1.54) is 0 Å². The van der Waals surface area contributed by atoms with Gasteiger partial charge in [-0.3, -0.25) is 9.36 Å². The Morgan fingerprint density at radius 2 is 2.33 bits per heavy atom. The van der Waals surface area contributed by atoms with Gasteiger partial charge in [-0.25, -0.2) is 9.97 Å². The molecular formula is C16H18N4O. The summed E-state index contributed by atoms with van der Waals surface area (Å²) in [5.41, 5.74) is 0.725. The van der Waals surface area contributed by atoms with Gasteiger partial charge in [-0.15, -0.1) is 0 Å². The van der Waals surface area contributed by atoms with Crippen molar-refractivity contribution in [2.24, 2.45) is 5.92 Å². The number of nitrogens with one attached hydrogen (secondary N) is 1. The van der Waals surface area contributed by atoms with Crippen LogP contribution in [0, 0.1) is 12.8 Å². The summed E-state index contributed by atoms with van der Waals surface area (Å²) in [6.07, 6.45) is 12.2. The van der Waals surface area contributed by atoms with Crippen LogP contribution in [0.3, 0.4) is 0 Å². The molecule has 5 nitrogen and oxygen atoms in total. The first-order chi connectivity index (χ1) is 10.2. The molecule has 0 unspecified atom stereocenters. The van der Waals surface area contributed by atoms with Gasteiger partial charge in [0.15, 0.2) is 0 Å². The Morgan fingerprint density at radius 3 is 2.95 bits per heavy atom. The summed E-state index contributed by atoms with van der Waals surface area (Å²) in [7, 11) is 0. The Kier molecular flexibility index (Phi) is 3.81. The van der Waals surface area contributed by atoms with Gasteiger partial charge < -0.3 is 5.32 Å². The lowest BCUT2D eigenvalue weighted by Crippen LogP contribution is -2.15. The van der Waals surface area contributed by atoms with Crippen molar-refractivity contribution in [1.82, 2.24) is 14.5 Å². The summed E-state index contributed by atoms with van der Waals surface area (Å²) in [5, 5.41) is 2.90. The van der Waals surface area contributed by atoms with Gasteiger partial charge >= 0.3 is 0 Å². The lowest BCUT2D eigenvalue weighted by atomic mass is 10.1.